The van der Waals surface area contributed by atoms with Crippen LogP contribution in [0.2, 0.25) is 0 Å². The Bertz CT molecular complexity index is 1680. The molecule has 0 N–H and O–H groups in total. The van der Waals surface area contributed by atoms with Crippen LogP contribution in [0.5, 0.6) is 0 Å². The molecule has 0 aliphatic rings. The van der Waals surface area contributed by atoms with Gasteiger partial charge >= 0.3 is 41.8 Å². The molecule has 78 heavy (non-hydrogen) atoms. The van der Waals surface area contributed by atoms with Crippen molar-refractivity contribution in [3.05, 3.63) is 36.5 Å². The third-order valence-corrected chi connectivity index (χ3v) is 9.68. The van der Waals surface area contributed by atoms with E-state index in [0.29, 0.717) is 36.2 Å². The number of ketones is 3. The fraction of sp³-hybridized carbons (Fsp3) is 0.724. The van der Waals surface area contributed by atoms with Crippen molar-refractivity contribution in [2.45, 2.75) is 168 Å². The summed E-state index contributed by atoms with van der Waals surface area (Å²) in [7, 11) is 5.18. The lowest BCUT2D eigenvalue weighted by Crippen LogP contribution is -2.26. The maximum absolute atomic E-state index is 12.2. The maximum Gasteiger partial charge on any atom is 0.333 e. The highest BCUT2D eigenvalue weighted by molar-refractivity contribution is 5.94. The third kappa shape index (κ3) is 61.3. The van der Waals surface area contributed by atoms with Crippen LogP contribution in [-0.2, 0) is 95.3 Å². The summed E-state index contributed by atoms with van der Waals surface area (Å²) in [4.78, 5) is 114. The van der Waals surface area contributed by atoms with Gasteiger partial charge in [0.1, 0.15) is 11.6 Å². The van der Waals surface area contributed by atoms with Gasteiger partial charge < -0.3 is 52.2 Å². The summed E-state index contributed by atoms with van der Waals surface area (Å²) in [5.74, 6) is -5.77. The second-order valence-electron chi connectivity index (χ2n) is 18.2. The van der Waals surface area contributed by atoms with Gasteiger partial charge in [0.05, 0.1) is 76.5 Å². The average Bonchev–Trinajstić information content (AvgIpc) is 3.37. The van der Waals surface area contributed by atoms with Crippen LogP contribution in [0.4, 0.5) is 0 Å². The summed E-state index contributed by atoms with van der Waals surface area (Å²) in [5.41, 5.74) is 0.711. The van der Waals surface area contributed by atoms with Crippen molar-refractivity contribution >= 4 is 59.1 Å². The smallest absolute Gasteiger partial charge is 0.333 e. The number of methoxy groups -OCH3 is 3. The van der Waals surface area contributed by atoms with Crippen LogP contribution in [0.15, 0.2) is 36.5 Å². The predicted molar refractivity (Wildman–Crippen MR) is 298 cm³/mol. The van der Waals surface area contributed by atoms with E-state index in [-0.39, 0.29) is 89.1 Å². The Balaban J connectivity index is -0.000000244. The second kappa shape index (κ2) is 57.6. The van der Waals surface area contributed by atoms with Gasteiger partial charge in [-0.15, -0.1) is 0 Å². The Morgan fingerprint density at radius 2 is 0.936 bits per heavy atom. The maximum atomic E-state index is 12.2. The quantitative estimate of drug-likeness (QED) is 0.0251. The average molecular weight is 1120 g/mol. The van der Waals surface area contributed by atoms with E-state index in [1.54, 1.807) is 69.8 Å². The molecule has 20 heteroatoms. The molecule has 0 saturated carbocycles. The molecule has 5 atom stereocenters. The molecule has 454 valence electrons. The number of esters is 7. The largest absolute Gasteiger partial charge is 0.466 e. The van der Waals surface area contributed by atoms with Crippen LogP contribution in [0, 0.1) is 29.6 Å². The Morgan fingerprint density at radius 3 is 1.23 bits per heavy atom. The van der Waals surface area contributed by atoms with Crippen molar-refractivity contribution in [2.75, 3.05) is 80.8 Å². The number of allylic oxidation sites excluding steroid dienone is 1. The van der Waals surface area contributed by atoms with E-state index in [0.717, 1.165) is 25.7 Å². The standard InChI is InChI=1S/C25H40O10.C11H16O4.C7H10O3.3C5H12O/c1-7-32-22(28)15-20(19(6)27)12-16(3)23(29)34-10-9-11-35-24(30)17(4)13-21(14-18(5)26)25(31)33-8-2;1-8(2)10(12)14-6-5-7-15-11(13)9(3)4;1-3-10-7(9)5-4-6(2)8;1-5(2)4-6-3;1-4-5(2)6-3;1-3-4-5-6-2/h16-17,20-21H,7-15H2,1-6H3;1,3,5-7H2,2,4H3;4-5H,3H2,1-2H3;2*5H,4H2,1-3H3;3-5H2,1-2H3/b;;5-4+;;;. The first-order valence-corrected chi connectivity index (χ1v) is 26.7. The van der Waals surface area contributed by atoms with Gasteiger partial charge in [-0.05, 0) is 100.0 Å². The molecule has 0 radical (unpaired) electrons. The summed E-state index contributed by atoms with van der Waals surface area (Å²) < 4.78 is 48.8. The molecule has 0 aliphatic heterocycles. The molecule has 0 amide bonds. The van der Waals surface area contributed by atoms with Gasteiger partial charge in [-0.25, -0.2) is 14.4 Å². The van der Waals surface area contributed by atoms with Gasteiger partial charge in [-0.2, -0.15) is 0 Å². The highest BCUT2D eigenvalue weighted by atomic mass is 16.6. The number of rotatable bonds is 34. The molecule has 0 heterocycles. The van der Waals surface area contributed by atoms with E-state index in [1.807, 2.05) is 0 Å². The summed E-state index contributed by atoms with van der Waals surface area (Å²) >= 11 is 0. The zero-order valence-corrected chi connectivity index (χ0v) is 50.9. The summed E-state index contributed by atoms with van der Waals surface area (Å²) in [6.45, 7) is 36.0. The van der Waals surface area contributed by atoms with Crippen molar-refractivity contribution in [3.63, 3.8) is 0 Å². The molecule has 5 unspecified atom stereocenters. The Kier molecular flexibility index (Phi) is 61.8. The fourth-order valence-electron chi connectivity index (χ4n) is 5.22. The van der Waals surface area contributed by atoms with Gasteiger partial charge in [0, 0.05) is 76.9 Å². The minimum Gasteiger partial charge on any atom is -0.466 e. The van der Waals surface area contributed by atoms with Crippen LogP contribution in [0.3, 0.4) is 0 Å². The number of unbranched alkanes of at least 4 members (excludes halogenated alkanes) is 1. The van der Waals surface area contributed by atoms with E-state index in [9.17, 15) is 47.9 Å². The zero-order chi connectivity index (χ0) is 61.6. The summed E-state index contributed by atoms with van der Waals surface area (Å²) in [5, 5.41) is 0. The van der Waals surface area contributed by atoms with Crippen LogP contribution >= 0.6 is 0 Å². The molecule has 0 rings (SSSR count). The van der Waals surface area contributed by atoms with Crippen molar-refractivity contribution < 1.29 is 95.3 Å². The molecule has 0 fully saturated rings. The van der Waals surface area contributed by atoms with Gasteiger partial charge in [0.25, 0.3) is 0 Å². The molecule has 0 aliphatic carbocycles. The lowest BCUT2D eigenvalue weighted by Gasteiger charge is -2.18. The Hall–Kier alpha value is -5.60. The molecule has 0 aromatic rings. The van der Waals surface area contributed by atoms with Crippen molar-refractivity contribution in [1.29, 1.82) is 0 Å². The van der Waals surface area contributed by atoms with E-state index in [1.165, 1.54) is 39.7 Å². The number of hydrogen-bond acceptors (Lipinski definition) is 20. The van der Waals surface area contributed by atoms with Gasteiger partial charge in [-0.3, -0.25) is 28.8 Å². The first kappa shape index (κ1) is 83.7. The minimum absolute atomic E-state index is 0.00510. The molecule has 0 bridgehead atoms. The molecule has 0 aromatic heterocycles. The van der Waals surface area contributed by atoms with E-state index in [2.05, 4.69) is 52.5 Å². The van der Waals surface area contributed by atoms with E-state index < -0.39 is 65.5 Å². The van der Waals surface area contributed by atoms with Crippen molar-refractivity contribution in [3.8, 4) is 0 Å². The van der Waals surface area contributed by atoms with Crippen LogP contribution in [-0.4, -0.2) is 146 Å². The second-order valence-corrected chi connectivity index (χ2v) is 18.2. The number of Topliss-reactive ketones (excluding diaryl/α,β-unsaturated/α-hetero) is 2. The highest BCUT2D eigenvalue weighted by Gasteiger charge is 2.28. The molecule has 20 nitrogen and oxygen atoms in total. The van der Waals surface area contributed by atoms with Crippen LogP contribution in [0.1, 0.15) is 162 Å². The third-order valence-electron chi connectivity index (χ3n) is 9.68. The predicted octanol–water partition coefficient (Wildman–Crippen LogP) is 9.29. The Labute approximate surface area is 467 Å². The van der Waals surface area contributed by atoms with Crippen LogP contribution < -0.4 is 0 Å². The lowest BCUT2D eigenvalue weighted by molar-refractivity contribution is -0.154. The number of carbonyl (C=O) groups is 10. The normalized spacial score (nSPS) is 11.9. The van der Waals surface area contributed by atoms with E-state index in [4.69, 9.17) is 42.6 Å². The monoisotopic (exact) mass is 1120 g/mol. The van der Waals surface area contributed by atoms with Crippen molar-refractivity contribution in [2.24, 2.45) is 29.6 Å². The Morgan fingerprint density at radius 1 is 0.487 bits per heavy atom. The minimum atomic E-state index is -0.708. The SMILES string of the molecule is C=C(C)C(=O)OCCCOC(=O)C(=C)C.CCC(C)OC.CCCCOC.CCOC(=O)/C=C/C(C)=O.CCOC(=O)CC(CC(C)C(=O)OCCCOC(=O)C(C)CC(CC(C)=O)C(=O)OCC)C(C)=O.COCC(C)C. The first-order valence-electron chi connectivity index (χ1n) is 26.7. The molecule has 0 saturated heterocycles. The fourth-order valence-corrected chi connectivity index (χ4v) is 5.22. The molecular weight excluding hydrogens is 1020 g/mol. The number of carbonyl (C=O) groups excluding carboxylic acids is 10. The zero-order valence-electron chi connectivity index (χ0n) is 50.9. The van der Waals surface area contributed by atoms with Gasteiger partial charge in [0.2, 0.25) is 0 Å². The number of ether oxygens (including phenoxy) is 10. The topological polar surface area (TPSA) is 263 Å². The van der Waals surface area contributed by atoms with Gasteiger partial charge in [-0.1, -0.05) is 61.1 Å². The molecule has 0 aromatic carbocycles. The summed E-state index contributed by atoms with van der Waals surface area (Å²) in [6.07, 6.45) is 7.21. The molecular formula is C58H102O20. The highest BCUT2D eigenvalue weighted by Crippen LogP contribution is 2.21. The lowest BCUT2D eigenvalue weighted by atomic mass is 9.90. The van der Waals surface area contributed by atoms with E-state index >= 15 is 0 Å². The van der Waals surface area contributed by atoms with Gasteiger partial charge in [0.15, 0.2) is 5.78 Å². The summed E-state index contributed by atoms with van der Waals surface area (Å²) in [6, 6.07) is 0. The molecule has 0 spiro atoms. The van der Waals surface area contributed by atoms with Crippen molar-refractivity contribution in [1.82, 2.24) is 0 Å². The first-order chi connectivity index (χ1) is 36.5. The van der Waals surface area contributed by atoms with Crippen LogP contribution in [0.25, 0.3) is 0 Å². The number of hydrogen-bond donors (Lipinski definition) is 0.